The Morgan fingerprint density at radius 3 is 2.46 bits per heavy atom. The Balaban J connectivity index is 2.40. The number of nitrogens with zero attached hydrogens (tertiary/aromatic N) is 1. The van der Waals surface area contributed by atoms with E-state index < -0.39 is 17.1 Å². The van der Waals surface area contributed by atoms with Crippen molar-refractivity contribution in [1.82, 2.24) is 4.90 Å². The van der Waals surface area contributed by atoms with Crippen LogP contribution in [0.2, 0.25) is 0 Å². The highest BCUT2D eigenvalue weighted by Crippen LogP contribution is 2.43. The van der Waals surface area contributed by atoms with Gasteiger partial charge in [0.25, 0.3) is 0 Å². The second kappa shape index (κ2) is 6.54. The van der Waals surface area contributed by atoms with Crippen molar-refractivity contribution in [3.8, 4) is 0 Å². The summed E-state index contributed by atoms with van der Waals surface area (Å²) in [5.74, 6) is -0.338. The zero-order valence-electron chi connectivity index (χ0n) is 15.0. The number of rotatable bonds is 3. The molecule has 1 aliphatic heterocycles. The van der Waals surface area contributed by atoms with E-state index in [1.54, 1.807) is 37.8 Å². The number of amides is 1. The number of hydrogen-bond acceptors (Lipinski definition) is 3. The van der Waals surface area contributed by atoms with Crippen LogP contribution in [0.3, 0.4) is 0 Å². The highest BCUT2D eigenvalue weighted by Gasteiger charge is 2.46. The van der Waals surface area contributed by atoms with Gasteiger partial charge in [0.1, 0.15) is 17.7 Å². The normalized spacial score (nSPS) is 21.7. The third-order valence-corrected chi connectivity index (χ3v) is 4.39. The van der Waals surface area contributed by atoms with Crippen LogP contribution in [0.15, 0.2) is 24.3 Å². The molecule has 5 heteroatoms. The minimum Gasteiger partial charge on any atom is -0.444 e. The summed E-state index contributed by atoms with van der Waals surface area (Å²) < 4.78 is 19.2. The number of carbonyl (C=O) groups is 2. The number of hydrogen-bond donors (Lipinski definition) is 0. The number of aldehydes is 1. The molecule has 24 heavy (non-hydrogen) atoms. The summed E-state index contributed by atoms with van der Waals surface area (Å²) >= 11 is 0. The molecule has 2 atom stereocenters. The first-order valence-corrected chi connectivity index (χ1v) is 8.28. The summed E-state index contributed by atoms with van der Waals surface area (Å²) in [6.07, 6.45) is 1.76. The van der Waals surface area contributed by atoms with E-state index in [0.29, 0.717) is 12.8 Å². The van der Waals surface area contributed by atoms with E-state index in [-0.39, 0.29) is 17.9 Å². The standard InChI is InChI=1S/C19H26FNO3/c1-18(2,3)24-17(23)21-15(13-7-6-8-14(20)11-13)9-10-16(21)19(4,5)12-22/h6-8,11-12,15-16H,9-10H2,1-5H3/t15-,16+/m0/s1. The summed E-state index contributed by atoms with van der Waals surface area (Å²) in [7, 11) is 0. The predicted molar refractivity (Wildman–Crippen MR) is 90.1 cm³/mol. The molecule has 1 amide bonds. The molecule has 132 valence electrons. The summed E-state index contributed by atoms with van der Waals surface area (Å²) in [4.78, 5) is 25.9. The van der Waals surface area contributed by atoms with Crippen molar-refractivity contribution in [2.75, 3.05) is 0 Å². The van der Waals surface area contributed by atoms with Crippen LogP contribution in [-0.4, -0.2) is 28.9 Å². The summed E-state index contributed by atoms with van der Waals surface area (Å²) in [6.45, 7) is 9.04. The first-order chi connectivity index (χ1) is 11.0. The lowest BCUT2D eigenvalue weighted by Crippen LogP contribution is -2.47. The molecule has 0 saturated carbocycles. The summed E-state index contributed by atoms with van der Waals surface area (Å²) in [5.41, 5.74) is -0.605. The van der Waals surface area contributed by atoms with Crippen LogP contribution >= 0.6 is 0 Å². The van der Waals surface area contributed by atoms with Gasteiger partial charge in [-0.15, -0.1) is 0 Å². The smallest absolute Gasteiger partial charge is 0.411 e. The lowest BCUT2D eigenvalue weighted by atomic mass is 9.84. The molecular formula is C19H26FNO3. The van der Waals surface area contributed by atoms with Crippen molar-refractivity contribution in [3.63, 3.8) is 0 Å². The topological polar surface area (TPSA) is 46.6 Å². The third kappa shape index (κ3) is 3.94. The highest BCUT2D eigenvalue weighted by atomic mass is 19.1. The molecule has 0 bridgehead atoms. The Bertz CT molecular complexity index is 621. The first kappa shape index (κ1) is 18.4. The van der Waals surface area contributed by atoms with Crippen LogP contribution in [0.5, 0.6) is 0 Å². The molecule has 4 nitrogen and oxygen atoms in total. The minimum atomic E-state index is -0.695. The monoisotopic (exact) mass is 335 g/mol. The van der Waals surface area contributed by atoms with E-state index in [1.807, 2.05) is 13.8 Å². The zero-order chi connectivity index (χ0) is 18.1. The van der Waals surface area contributed by atoms with Gasteiger partial charge < -0.3 is 9.53 Å². The lowest BCUT2D eigenvalue weighted by molar-refractivity contribution is -0.117. The fourth-order valence-corrected chi connectivity index (χ4v) is 3.23. The van der Waals surface area contributed by atoms with E-state index in [1.165, 1.54) is 12.1 Å². The maximum Gasteiger partial charge on any atom is 0.411 e. The van der Waals surface area contributed by atoms with Crippen molar-refractivity contribution in [3.05, 3.63) is 35.6 Å². The summed E-state index contributed by atoms with van der Waals surface area (Å²) in [5, 5.41) is 0. The maximum absolute atomic E-state index is 13.6. The summed E-state index contributed by atoms with van der Waals surface area (Å²) in [6, 6.07) is 5.69. The van der Waals surface area contributed by atoms with Gasteiger partial charge in [0.15, 0.2) is 0 Å². The molecule has 0 unspecified atom stereocenters. The van der Waals surface area contributed by atoms with Crippen LogP contribution in [0.1, 0.15) is 59.1 Å². The zero-order valence-corrected chi connectivity index (χ0v) is 15.0. The van der Waals surface area contributed by atoms with Crippen LogP contribution in [0, 0.1) is 11.2 Å². The fraction of sp³-hybridized carbons (Fsp3) is 0.579. The number of ether oxygens (including phenoxy) is 1. The second-order valence-corrected chi connectivity index (χ2v) is 7.99. The largest absolute Gasteiger partial charge is 0.444 e. The molecular weight excluding hydrogens is 309 g/mol. The molecule has 0 aliphatic carbocycles. The van der Waals surface area contributed by atoms with Crippen molar-refractivity contribution in [2.45, 2.75) is 65.1 Å². The highest BCUT2D eigenvalue weighted by molar-refractivity contribution is 5.72. The van der Waals surface area contributed by atoms with E-state index in [0.717, 1.165) is 11.8 Å². The van der Waals surface area contributed by atoms with Gasteiger partial charge in [-0.1, -0.05) is 26.0 Å². The average Bonchev–Trinajstić information content (AvgIpc) is 2.91. The lowest BCUT2D eigenvalue weighted by Gasteiger charge is -2.38. The Hall–Kier alpha value is -1.91. The number of halogens is 1. The van der Waals surface area contributed by atoms with E-state index in [9.17, 15) is 14.0 Å². The molecule has 1 aliphatic rings. The average molecular weight is 335 g/mol. The first-order valence-electron chi connectivity index (χ1n) is 8.28. The van der Waals surface area contributed by atoms with Gasteiger partial charge in [0, 0.05) is 11.5 Å². The van der Waals surface area contributed by atoms with Crippen LogP contribution < -0.4 is 0 Å². The van der Waals surface area contributed by atoms with Gasteiger partial charge in [-0.25, -0.2) is 9.18 Å². The molecule has 1 aromatic rings. The fourth-order valence-electron chi connectivity index (χ4n) is 3.23. The predicted octanol–water partition coefficient (Wildman–Crippen LogP) is 4.49. The van der Waals surface area contributed by atoms with Gasteiger partial charge in [0.05, 0.1) is 6.04 Å². The van der Waals surface area contributed by atoms with E-state index >= 15 is 0 Å². The molecule has 0 N–H and O–H groups in total. The maximum atomic E-state index is 13.6. The molecule has 0 aromatic heterocycles. The Morgan fingerprint density at radius 2 is 1.92 bits per heavy atom. The molecule has 1 saturated heterocycles. The third-order valence-electron chi connectivity index (χ3n) is 4.39. The van der Waals surface area contributed by atoms with Crippen molar-refractivity contribution >= 4 is 12.4 Å². The number of benzene rings is 1. The quantitative estimate of drug-likeness (QED) is 0.765. The molecule has 0 radical (unpaired) electrons. The van der Waals surface area contributed by atoms with Crippen molar-refractivity contribution < 1.29 is 18.7 Å². The molecule has 1 aromatic carbocycles. The Kier molecular flexibility index (Phi) is 5.02. The van der Waals surface area contributed by atoms with Gasteiger partial charge in [-0.05, 0) is 51.3 Å². The van der Waals surface area contributed by atoms with Gasteiger partial charge in [-0.3, -0.25) is 4.90 Å². The SMILES string of the molecule is CC(C)(C)OC(=O)N1[C@H](c2cccc(F)c2)CC[C@@H]1C(C)(C)C=O. The molecule has 2 rings (SSSR count). The van der Waals surface area contributed by atoms with Gasteiger partial charge in [0.2, 0.25) is 0 Å². The Morgan fingerprint density at radius 1 is 1.25 bits per heavy atom. The van der Waals surface area contributed by atoms with Crippen molar-refractivity contribution in [2.24, 2.45) is 5.41 Å². The molecule has 1 fully saturated rings. The molecule has 0 spiro atoms. The van der Waals surface area contributed by atoms with Gasteiger partial charge >= 0.3 is 6.09 Å². The second-order valence-electron chi connectivity index (χ2n) is 7.99. The van der Waals surface area contributed by atoms with Gasteiger partial charge in [-0.2, -0.15) is 0 Å². The van der Waals surface area contributed by atoms with Crippen LogP contribution in [-0.2, 0) is 9.53 Å². The minimum absolute atomic E-state index is 0.280. The van der Waals surface area contributed by atoms with Crippen LogP contribution in [0.4, 0.5) is 9.18 Å². The van der Waals surface area contributed by atoms with E-state index in [2.05, 4.69) is 0 Å². The molecule has 1 heterocycles. The van der Waals surface area contributed by atoms with Crippen molar-refractivity contribution in [1.29, 1.82) is 0 Å². The Labute approximate surface area is 143 Å². The van der Waals surface area contributed by atoms with E-state index in [4.69, 9.17) is 4.74 Å². The number of carbonyl (C=O) groups excluding carboxylic acids is 2. The van der Waals surface area contributed by atoms with Crippen LogP contribution in [0.25, 0.3) is 0 Å². The number of likely N-dealkylation sites (tertiary alicyclic amines) is 1.